The van der Waals surface area contributed by atoms with Crippen molar-refractivity contribution in [3.8, 4) is 0 Å². The molecule has 8 heteroatoms. The van der Waals surface area contributed by atoms with E-state index in [4.69, 9.17) is 4.74 Å². The average molecular weight is 431 g/mol. The smallest absolute Gasteiger partial charge is 0.409 e. The van der Waals surface area contributed by atoms with E-state index in [1.165, 1.54) is 9.80 Å². The van der Waals surface area contributed by atoms with Crippen molar-refractivity contribution in [2.75, 3.05) is 20.2 Å². The highest BCUT2D eigenvalue weighted by atomic mass is 28.3. The molecule has 170 valence electrons. The molecule has 1 aliphatic carbocycles. The van der Waals surface area contributed by atoms with Crippen LogP contribution in [0.5, 0.6) is 0 Å². The number of hydrogen-bond donors (Lipinski definition) is 2. The van der Waals surface area contributed by atoms with E-state index in [2.05, 4.69) is 19.6 Å². The van der Waals surface area contributed by atoms with Crippen molar-refractivity contribution in [2.24, 2.45) is 5.92 Å². The fourth-order valence-electron chi connectivity index (χ4n) is 3.97. The van der Waals surface area contributed by atoms with Crippen LogP contribution in [0, 0.1) is 5.92 Å². The van der Waals surface area contributed by atoms with Crippen LogP contribution in [0.15, 0.2) is 0 Å². The van der Waals surface area contributed by atoms with Crippen molar-refractivity contribution in [3.05, 3.63) is 0 Å². The zero-order chi connectivity index (χ0) is 22.4. The van der Waals surface area contributed by atoms with Crippen LogP contribution < -0.4 is 0 Å². The van der Waals surface area contributed by atoms with Gasteiger partial charge in [0.15, 0.2) is 0 Å². The monoisotopic (exact) mass is 430 g/mol. The normalized spacial score (nSPS) is 18.1. The van der Waals surface area contributed by atoms with Crippen LogP contribution in [0.4, 0.5) is 9.59 Å². The lowest BCUT2D eigenvalue weighted by atomic mass is 9.81. The van der Waals surface area contributed by atoms with E-state index in [1.807, 2.05) is 20.8 Å². The van der Waals surface area contributed by atoms with Crippen LogP contribution in [-0.4, -0.2) is 78.2 Å². The van der Waals surface area contributed by atoms with Crippen LogP contribution in [0.1, 0.15) is 52.9 Å². The third kappa shape index (κ3) is 8.54. The van der Waals surface area contributed by atoms with Gasteiger partial charge in [0.1, 0.15) is 0 Å². The molecule has 1 rings (SSSR count). The fraction of sp³-hybridized carbons (Fsp3) is 0.905. The highest BCUT2D eigenvalue weighted by molar-refractivity contribution is 6.76. The summed E-state index contributed by atoms with van der Waals surface area (Å²) in [6.07, 6.45) is 2.65. The van der Waals surface area contributed by atoms with Gasteiger partial charge in [0.25, 0.3) is 0 Å². The highest BCUT2D eigenvalue weighted by Crippen LogP contribution is 2.31. The third-order valence-corrected chi connectivity index (χ3v) is 7.34. The Balaban J connectivity index is 2.94. The SMILES string of the molecule is CN(C[C@H]([C@H](O)C1CCCCC1)N(C(=O)O)C(C)(C)C)C(=O)OCC[Si](C)(C)C. The highest BCUT2D eigenvalue weighted by Gasteiger charge is 2.41. The summed E-state index contributed by atoms with van der Waals surface area (Å²) in [6, 6.07) is 0.175. The van der Waals surface area contributed by atoms with Gasteiger partial charge in [0.05, 0.1) is 18.8 Å². The first-order valence-corrected chi connectivity index (χ1v) is 14.5. The number of hydrogen-bond acceptors (Lipinski definition) is 4. The Hall–Kier alpha value is -1.28. The number of carbonyl (C=O) groups is 2. The minimum Gasteiger partial charge on any atom is -0.465 e. The van der Waals surface area contributed by atoms with Gasteiger partial charge in [0, 0.05) is 27.2 Å². The van der Waals surface area contributed by atoms with Crippen molar-refractivity contribution >= 4 is 20.3 Å². The predicted octanol–water partition coefficient (Wildman–Crippen LogP) is 4.48. The molecule has 1 saturated carbocycles. The van der Waals surface area contributed by atoms with Gasteiger partial charge >= 0.3 is 12.2 Å². The minimum absolute atomic E-state index is 0.0502. The molecular weight excluding hydrogens is 388 g/mol. The first kappa shape index (κ1) is 25.8. The summed E-state index contributed by atoms with van der Waals surface area (Å²) in [5.74, 6) is 0.0502. The lowest BCUT2D eigenvalue weighted by molar-refractivity contribution is -0.0348. The summed E-state index contributed by atoms with van der Waals surface area (Å²) in [5, 5.41) is 21.0. The van der Waals surface area contributed by atoms with E-state index in [0.717, 1.165) is 38.1 Å². The van der Waals surface area contributed by atoms with Gasteiger partial charge in [0.2, 0.25) is 0 Å². The van der Waals surface area contributed by atoms with Crippen LogP contribution in [0.2, 0.25) is 25.7 Å². The number of carboxylic acid groups (broad SMARTS) is 1. The summed E-state index contributed by atoms with van der Waals surface area (Å²) in [6.45, 7) is 12.6. The maximum Gasteiger partial charge on any atom is 0.409 e. The number of aliphatic hydroxyl groups excluding tert-OH is 1. The summed E-state index contributed by atoms with van der Waals surface area (Å²) in [7, 11) is 0.301. The fourth-order valence-corrected chi connectivity index (χ4v) is 4.68. The van der Waals surface area contributed by atoms with Gasteiger partial charge in [-0.05, 0) is 45.6 Å². The van der Waals surface area contributed by atoms with E-state index < -0.39 is 37.9 Å². The Morgan fingerprint density at radius 2 is 1.69 bits per heavy atom. The molecule has 0 aromatic heterocycles. The average Bonchev–Trinajstić information content (AvgIpc) is 2.58. The molecule has 0 heterocycles. The topological polar surface area (TPSA) is 90.3 Å². The van der Waals surface area contributed by atoms with E-state index in [9.17, 15) is 19.8 Å². The molecule has 0 unspecified atom stereocenters. The number of aliphatic hydroxyl groups is 1. The van der Waals surface area contributed by atoms with Gasteiger partial charge in [-0.2, -0.15) is 0 Å². The molecule has 2 amide bonds. The molecule has 2 atom stereocenters. The largest absolute Gasteiger partial charge is 0.465 e. The van der Waals surface area contributed by atoms with Crippen molar-refractivity contribution in [3.63, 3.8) is 0 Å². The lowest BCUT2D eigenvalue weighted by Gasteiger charge is -2.45. The second-order valence-electron chi connectivity index (χ2n) is 10.6. The third-order valence-electron chi connectivity index (χ3n) is 5.64. The predicted molar refractivity (Wildman–Crippen MR) is 118 cm³/mol. The second-order valence-corrected chi connectivity index (χ2v) is 16.2. The number of amides is 2. The van der Waals surface area contributed by atoms with E-state index >= 15 is 0 Å². The Morgan fingerprint density at radius 3 is 2.14 bits per heavy atom. The van der Waals surface area contributed by atoms with Crippen molar-refractivity contribution in [1.82, 2.24) is 9.80 Å². The van der Waals surface area contributed by atoms with Gasteiger partial charge in [-0.15, -0.1) is 0 Å². The molecule has 0 aromatic rings. The lowest BCUT2D eigenvalue weighted by Crippen LogP contribution is -2.60. The molecular formula is C21H42N2O5Si. The maximum atomic E-state index is 12.5. The molecule has 1 aliphatic rings. The molecule has 7 nitrogen and oxygen atoms in total. The number of ether oxygens (including phenoxy) is 1. The van der Waals surface area contributed by atoms with Crippen molar-refractivity contribution in [2.45, 2.75) is 96.2 Å². The molecule has 0 bridgehead atoms. The summed E-state index contributed by atoms with van der Waals surface area (Å²) in [4.78, 5) is 27.3. The van der Waals surface area contributed by atoms with Crippen LogP contribution in [0.25, 0.3) is 0 Å². The van der Waals surface area contributed by atoms with E-state index in [-0.39, 0.29) is 12.5 Å². The van der Waals surface area contributed by atoms with Crippen LogP contribution in [0.3, 0.4) is 0 Å². The van der Waals surface area contributed by atoms with Crippen LogP contribution in [-0.2, 0) is 4.74 Å². The Morgan fingerprint density at radius 1 is 1.14 bits per heavy atom. The summed E-state index contributed by atoms with van der Waals surface area (Å²) < 4.78 is 5.41. The maximum absolute atomic E-state index is 12.5. The Kier molecular flexibility index (Phi) is 9.46. The van der Waals surface area contributed by atoms with Gasteiger partial charge in [-0.25, -0.2) is 9.59 Å². The Bertz CT molecular complexity index is 538. The first-order chi connectivity index (χ1) is 13.2. The standard InChI is InChI=1S/C21H42N2O5Si/c1-21(2,3)23(19(25)26)17(18(24)16-11-9-8-10-12-16)15-22(4)20(27)28-13-14-29(5,6)7/h16-18,24H,8-15H2,1-7H3,(H,25,26)/t17-,18-/m1/s1. The molecule has 0 aliphatic heterocycles. The van der Waals surface area contributed by atoms with Crippen molar-refractivity contribution < 1.29 is 24.5 Å². The first-order valence-electron chi connectivity index (χ1n) is 10.8. The number of likely N-dealkylation sites (N-methyl/N-ethyl adjacent to an activating group) is 1. The minimum atomic E-state index is -1.31. The van der Waals surface area contributed by atoms with Gasteiger partial charge < -0.3 is 19.8 Å². The summed E-state index contributed by atoms with van der Waals surface area (Å²) in [5.41, 5.74) is -0.700. The van der Waals surface area contributed by atoms with E-state index in [0.29, 0.717) is 6.61 Å². The molecule has 0 spiro atoms. The summed E-state index contributed by atoms with van der Waals surface area (Å²) >= 11 is 0. The van der Waals surface area contributed by atoms with E-state index in [1.54, 1.807) is 7.05 Å². The molecule has 0 aromatic carbocycles. The number of rotatable bonds is 8. The number of carbonyl (C=O) groups excluding carboxylic acids is 1. The molecule has 0 radical (unpaired) electrons. The molecule has 29 heavy (non-hydrogen) atoms. The zero-order valence-electron chi connectivity index (χ0n) is 19.4. The quantitative estimate of drug-likeness (QED) is 0.554. The second kappa shape index (κ2) is 10.7. The van der Waals surface area contributed by atoms with Gasteiger partial charge in [-0.1, -0.05) is 38.9 Å². The number of nitrogens with zero attached hydrogens (tertiary/aromatic N) is 2. The van der Waals surface area contributed by atoms with Crippen molar-refractivity contribution in [1.29, 1.82) is 0 Å². The van der Waals surface area contributed by atoms with Crippen LogP contribution >= 0.6 is 0 Å². The van der Waals surface area contributed by atoms with Gasteiger partial charge in [-0.3, -0.25) is 4.90 Å². The molecule has 2 N–H and O–H groups in total. The molecule has 0 saturated heterocycles. The zero-order valence-corrected chi connectivity index (χ0v) is 20.4. The Labute approximate surface area is 177 Å². The molecule has 1 fully saturated rings.